The van der Waals surface area contributed by atoms with E-state index in [1.54, 1.807) is 19.1 Å². The summed E-state index contributed by atoms with van der Waals surface area (Å²) < 4.78 is 5.64. The van der Waals surface area contributed by atoms with Crippen molar-refractivity contribution in [3.8, 4) is 5.75 Å². The number of ketones is 1. The maximum Gasteiger partial charge on any atom is 0.152 e. The van der Waals surface area contributed by atoms with Gasteiger partial charge in [-0.25, -0.2) is 0 Å². The number of allylic oxidation sites excluding steroid dienone is 1. The Balaban J connectivity index is 2.50. The quantitative estimate of drug-likeness (QED) is 0.527. The fourth-order valence-corrected chi connectivity index (χ4v) is 1.46. The summed E-state index contributed by atoms with van der Waals surface area (Å²) in [7, 11) is 0. The molecule has 0 aromatic heterocycles. The van der Waals surface area contributed by atoms with E-state index in [1.165, 1.54) is 12.8 Å². The third-order valence-electron chi connectivity index (χ3n) is 2.39. The fourth-order valence-electron chi connectivity index (χ4n) is 1.46. The van der Waals surface area contributed by atoms with Crippen molar-refractivity contribution in [2.75, 3.05) is 6.61 Å². The van der Waals surface area contributed by atoms with E-state index in [0.29, 0.717) is 0 Å². The number of hydrogen-bond acceptors (Lipinski definition) is 2. The normalized spacial score (nSPS) is 10.7. The predicted molar refractivity (Wildman–Crippen MR) is 71.2 cm³/mol. The van der Waals surface area contributed by atoms with E-state index in [4.69, 9.17) is 4.74 Å². The van der Waals surface area contributed by atoms with E-state index in [9.17, 15) is 4.79 Å². The molecule has 0 bridgehead atoms. The summed E-state index contributed by atoms with van der Waals surface area (Å²) in [5, 5.41) is 0. The van der Waals surface area contributed by atoms with Crippen molar-refractivity contribution in [3.05, 3.63) is 35.9 Å². The first-order valence-electron chi connectivity index (χ1n) is 6.14. The standard InChI is InChI=1S/C15H20O2/c1-3-4-5-11-17-15-8-6-7-14(12-15)10-9-13(2)16/h6-10,12H,3-5,11H2,1-2H3/b10-9+. The summed E-state index contributed by atoms with van der Waals surface area (Å²) in [5.74, 6) is 0.922. The van der Waals surface area contributed by atoms with Crippen LogP contribution < -0.4 is 4.74 Å². The summed E-state index contributed by atoms with van der Waals surface area (Å²) in [6.45, 7) is 4.47. The van der Waals surface area contributed by atoms with Gasteiger partial charge in [-0.1, -0.05) is 38.0 Å². The van der Waals surface area contributed by atoms with Crippen molar-refractivity contribution in [2.45, 2.75) is 33.1 Å². The number of carbonyl (C=O) groups excluding carboxylic acids is 1. The van der Waals surface area contributed by atoms with Crippen LogP contribution in [0.1, 0.15) is 38.7 Å². The largest absolute Gasteiger partial charge is 0.494 e. The van der Waals surface area contributed by atoms with Gasteiger partial charge in [-0.2, -0.15) is 0 Å². The van der Waals surface area contributed by atoms with Crippen LogP contribution in [0.15, 0.2) is 30.3 Å². The van der Waals surface area contributed by atoms with E-state index in [-0.39, 0.29) is 5.78 Å². The fraction of sp³-hybridized carbons (Fsp3) is 0.400. The van der Waals surface area contributed by atoms with Crippen molar-refractivity contribution in [1.29, 1.82) is 0 Å². The molecule has 0 fully saturated rings. The first kappa shape index (κ1) is 13.5. The molecule has 1 aromatic rings. The lowest BCUT2D eigenvalue weighted by atomic mass is 10.2. The highest BCUT2D eigenvalue weighted by Crippen LogP contribution is 2.15. The van der Waals surface area contributed by atoms with Gasteiger partial charge >= 0.3 is 0 Å². The summed E-state index contributed by atoms with van der Waals surface area (Å²) >= 11 is 0. The zero-order chi connectivity index (χ0) is 12.5. The zero-order valence-corrected chi connectivity index (χ0v) is 10.6. The topological polar surface area (TPSA) is 26.3 Å². The van der Waals surface area contributed by atoms with Gasteiger partial charge in [0, 0.05) is 0 Å². The molecule has 0 saturated heterocycles. The SMILES string of the molecule is CCCCCOc1cccc(/C=C/C(C)=O)c1. The lowest BCUT2D eigenvalue weighted by Crippen LogP contribution is -1.96. The second kappa shape index (κ2) is 7.66. The molecule has 1 aromatic carbocycles. The Morgan fingerprint density at radius 1 is 1.35 bits per heavy atom. The van der Waals surface area contributed by atoms with Crippen molar-refractivity contribution in [1.82, 2.24) is 0 Å². The minimum Gasteiger partial charge on any atom is -0.494 e. The van der Waals surface area contributed by atoms with Crippen LogP contribution in [0.4, 0.5) is 0 Å². The summed E-state index contributed by atoms with van der Waals surface area (Å²) in [4.78, 5) is 10.8. The van der Waals surface area contributed by atoms with Crippen LogP contribution in [-0.4, -0.2) is 12.4 Å². The molecule has 0 amide bonds. The molecule has 2 heteroatoms. The molecule has 0 aliphatic rings. The maximum atomic E-state index is 10.8. The van der Waals surface area contributed by atoms with Crippen molar-refractivity contribution in [3.63, 3.8) is 0 Å². The highest BCUT2D eigenvalue weighted by molar-refractivity contribution is 5.91. The molecule has 0 saturated carbocycles. The number of benzene rings is 1. The highest BCUT2D eigenvalue weighted by Gasteiger charge is 1.95. The molecule has 2 nitrogen and oxygen atoms in total. The molecule has 0 aliphatic heterocycles. The van der Waals surface area contributed by atoms with Crippen LogP contribution in [0.25, 0.3) is 6.08 Å². The molecular formula is C15H20O2. The molecule has 0 radical (unpaired) electrons. The van der Waals surface area contributed by atoms with Crippen LogP contribution in [0.2, 0.25) is 0 Å². The molecule has 0 unspecified atom stereocenters. The first-order chi connectivity index (χ1) is 8.22. The predicted octanol–water partition coefficient (Wildman–Crippen LogP) is 3.86. The molecule has 17 heavy (non-hydrogen) atoms. The van der Waals surface area contributed by atoms with Gasteiger partial charge < -0.3 is 4.74 Å². The Morgan fingerprint density at radius 2 is 2.18 bits per heavy atom. The molecular weight excluding hydrogens is 212 g/mol. The van der Waals surface area contributed by atoms with Crippen molar-refractivity contribution >= 4 is 11.9 Å². The number of rotatable bonds is 7. The van der Waals surface area contributed by atoms with Gasteiger partial charge in [0.2, 0.25) is 0 Å². The third-order valence-corrected chi connectivity index (χ3v) is 2.39. The van der Waals surface area contributed by atoms with Crippen LogP contribution in [0, 0.1) is 0 Å². The average molecular weight is 232 g/mol. The first-order valence-corrected chi connectivity index (χ1v) is 6.14. The van der Waals surface area contributed by atoms with Gasteiger partial charge in [0.1, 0.15) is 5.75 Å². The number of ether oxygens (including phenoxy) is 1. The molecule has 92 valence electrons. The number of carbonyl (C=O) groups is 1. The van der Waals surface area contributed by atoms with Crippen LogP contribution in [0.5, 0.6) is 5.75 Å². The minimum atomic E-state index is 0.0549. The van der Waals surface area contributed by atoms with E-state index < -0.39 is 0 Å². The monoisotopic (exact) mass is 232 g/mol. The maximum absolute atomic E-state index is 10.8. The Kier molecular flexibility index (Phi) is 6.08. The van der Waals surface area contributed by atoms with Crippen LogP contribution >= 0.6 is 0 Å². The van der Waals surface area contributed by atoms with Crippen LogP contribution in [-0.2, 0) is 4.79 Å². The van der Waals surface area contributed by atoms with Crippen LogP contribution in [0.3, 0.4) is 0 Å². The lowest BCUT2D eigenvalue weighted by Gasteiger charge is -2.06. The van der Waals surface area contributed by atoms with Gasteiger partial charge in [0.25, 0.3) is 0 Å². The van der Waals surface area contributed by atoms with Gasteiger partial charge in [0.15, 0.2) is 5.78 Å². The van der Waals surface area contributed by atoms with E-state index in [1.807, 2.05) is 24.3 Å². The smallest absolute Gasteiger partial charge is 0.152 e. The van der Waals surface area contributed by atoms with Gasteiger partial charge in [-0.3, -0.25) is 4.79 Å². The molecule has 0 aliphatic carbocycles. The highest BCUT2D eigenvalue weighted by atomic mass is 16.5. The third kappa shape index (κ3) is 5.91. The van der Waals surface area contributed by atoms with Gasteiger partial charge in [-0.15, -0.1) is 0 Å². The molecule has 0 atom stereocenters. The lowest BCUT2D eigenvalue weighted by molar-refractivity contribution is -0.112. The Labute approximate surface area is 103 Å². The summed E-state index contributed by atoms with van der Waals surface area (Å²) in [6, 6.07) is 7.79. The second-order valence-corrected chi connectivity index (χ2v) is 4.07. The van der Waals surface area contributed by atoms with Crippen molar-refractivity contribution < 1.29 is 9.53 Å². The summed E-state index contributed by atoms with van der Waals surface area (Å²) in [6.07, 6.45) is 6.86. The van der Waals surface area contributed by atoms with E-state index in [0.717, 1.165) is 24.3 Å². The van der Waals surface area contributed by atoms with E-state index in [2.05, 4.69) is 6.92 Å². The number of unbranched alkanes of at least 4 members (excludes halogenated alkanes) is 2. The van der Waals surface area contributed by atoms with E-state index >= 15 is 0 Å². The Hall–Kier alpha value is -1.57. The Morgan fingerprint density at radius 3 is 2.88 bits per heavy atom. The Bertz CT molecular complexity index is 380. The van der Waals surface area contributed by atoms with Gasteiger partial charge in [0.05, 0.1) is 6.61 Å². The number of hydrogen-bond donors (Lipinski definition) is 0. The summed E-state index contributed by atoms with van der Waals surface area (Å²) in [5.41, 5.74) is 0.994. The average Bonchev–Trinajstić information content (AvgIpc) is 2.33. The zero-order valence-electron chi connectivity index (χ0n) is 10.6. The minimum absolute atomic E-state index is 0.0549. The molecule has 0 spiro atoms. The molecule has 1 rings (SSSR count). The molecule has 0 heterocycles. The van der Waals surface area contributed by atoms with Crippen molar-refractivity contribution in [2.24, 2.45) is 0 Å². The van der Waals surface area contributed by atoms with Gasteiger partial charge in [-0.05, 0) is 37.1 Å². The second-order valence-electron chi connectivity index (χ2n) is 4.07. The molecule has 0 N–H and O–H groups in total.